The van der Waals surface area contributed by atoms with Gasteiger partial charge in [0.15, 0.2) is 0 Å². The molecule has 146 valence electrons. The fraction of sp³-hybridized carbons (Fsp3) is 0.842. The third-order valence-electron chi connectivity index (χ3n) is 5.38. The highest BCUT2D eigenvalue weighted by Crippen LogP contribution is 2.23. The number of carbonyl (C=O) groups excluding carboxylic acids is 1. The number of rotatable bonds is 4. The quantitative estimate of drug-likeness (QED) is 0.814. The van der Waals surface area contributed by atoms with Gasteiger partial charge in [-0.25, -0.2) is 0 Å². The molecule has 26 heavy (non-hydrogen) atoms. The molecule has 3 rings (SSSR count). The Morgan fingerprint density at radius 3 is 2.38 bits per heavy atom. The highest BCUT2D eigenvalue weighted by Gasteiger charge is 2.35. The van der Waals surface area contributed by atoms with E-state index in [-0.39, 0.29) is 11.5 Å². The van der Waals surface area contributed by atoms with Crippen molar-refractivity contribution in [2.45, 2.75) is 71.5 Å². The van der Waals surface area contributed by atoms with Crippen LogP contribution in [0.1, 0.15) is 59.2 Å². The zero-order valence-corrected chi connectivity index (χ0v) is 16.9. The first kappa shape index (κ1) is 19.3. The fourth-order valence-corrected chi connectivity index (χ4v) is 3.78. The minimum atomic E-state index is -0.117. The van der Waals surface area contributed by atoms with Crippen LogP contribution in [0.5, 0.6) is 0 Å². The van der Waals surface area contributed by atoms with Gasteiger partial charge in [0.25, 0.3) is 0 Å². The molecular formula is C19H33N5O2. The molecule has 0 saturated carbocycles. The fourth-order valence-electron chi connectivity index (χ4n) is 3.78. The van der Waals surface area contributed by atoms with Gasteiger partial charge in [-0.15, -0.1) is 10.2 Å². The Labute approximate surface area is 156 Å². The molecule has 0 radical (unpaired) electrons. The highest BCUT2D eigenvalue weighted by atomic mass is 16.4. The standard InChI is InChI=1S/C19H33N5O2/c1-14(2)24-8-6-7-15(17(24)25)23-11-9-22(10-12-23)13-16-20-21-18(26-16)19(3,4)5/h14-15H,6-13H2,1-5H3/t15-/m1/s1. The lowest BCUT2D eigenvalue weighted by molar-refractivity contribution is -0.143. The molecular weight excluding hydrogens is 330 g/mol. The Hall–Kier alpha value is -1.47. The number of nitrogens with zero attached hydrogens (tertiary/aromatic N) is 5. The van der Waals surface area contributed by atoms with E-state index >= 15 is 0 Å². The predicted molar refractivity (Wildman–Crippen MR) is 99.7 cm³/mol. The van der Waals surface area contributed by atoms with Crippen molar-refractivity contribution in [3.05, 3.63) is 11.8 Å². The molecule has 0 spiro atoms. The number of hydrogen-bond donors (Lipinski definition) is 0. The first-order valence-electron chi connectivity index (χ1n) is 9.85. The van der Waals surface area contributed by atoms with Crippen LogP contribution < -0.4 is 0 Å². The van der Waals surface area contributed by atoms with Gasteiger partial charge >= 0.3 is 0 Å². The molecule has 1 aromatic heterocycles. The molecule has 7 heteroatoms. The summed E-state index contributed by atoms with van der Waals surface area (Å²) >= 11 is 0. The molecule has 1 amide bonds. The molecule has 3 heterocycles. The molecule has 0 aromatic carbocycles. The van der Waals surface area contributed by atoms with Crippen LogP contribution in [0.3, 0.4) is 0 Å². The lowest BCUT2D eigenvalue weighted by Crippen LogP contribution is -2.58. The first-order valence-corrected chi connectivity index (χ1v) is 9.85. The number of piperidine rings is 1. The molecule has 1 aromatic rings. The predicted octanol–water partition coefficient (Wildman–Crippen LogP) is 1.88. The minimum absolute atomic E-state index is 0.0594. The Balaban J connectivity index is 1.53. The molecule has 2 aliphatic rings. The summed E-state index contributed by atoms with van der Waals surface area (Å²) in [5.74, 6) is 1.68. The van der Waals surface area contributed by atoms with Gasteiger partial charge in [0.1, 0.15) is 0 Å². The summed E-state index contributed by atoms with van der Waals surface area (Å²) in [6.45, 7) is 15.7. The maximum Gasteiger partial charge on any atom is 0.240 e. The third-order valence-corrected chi connectivity index (χ3v) is 5.38. The van der Waals surface area contributed by atoms with E-state index in [1.807, 2.05) is 4.90 Å². The summed E-state index contributed by atoms with van der Waals surface area (Å²) in [6.07, 6.45) is 2.09. The van der Waals surface area contributed by atoms with Crippen LogP contribution in [0.4, 0.5) is 0 Å². The van der Waals surface area contributed by atoms with Crippen molar-refractivity contribution >= 4 is 5.91 Å². The van der Waals surface area contributed by atoms with Crippen LogP contribution in [-0.2, 0) is 16.8 Å². The SMILES string of the molecule is CC(C)N1CCC[C@@H](N2CCN(Cc3nnc(C(C)(C)C)o3)CC2)C1=O. The van der Waals surface area contributed by atoms with E-state index in [0.717, 1.165) is 45.6 Å². The average molecular weight is 364 g/mol. The first-order chi connectivity index (χ1) is 12.3. The lowest BCUT2D eigenvalue weighted by atomic mass is 9.97. The minimum Gasteiger partial charge on any atom is -0.423 e. The Morgan fingerprint density at radius 2 is 1.81 bits per heavy atom. The zero-order valence-electron chi connectivity index (χ0n) is 16.9. The van der Waals surface area contributed by atoms with E-state index in [0.29, 0.717) is 30.3 Å². The number of piperazine rings is 1. The lowest BCUT2D eigenvalue weighted by Gasteiger charge is -2.43. The van der Waals surface area contributed by atoms with Crippen LogP contribution in [0.25, 0.3) is 0 Å². The van der Waals surface area contributed by atoms with E-state index in [2.05, 4.69) is 54.6 Å². The molecule has 0 aliphatic carbocycles. The van der Waals surface area contributed by atoms with Gasteiger partial charge in [0.05, 0.1) is 12.6 Å². The zero-order chi connectivity index (χ0) is 18.9. The van der Waals surface area contributed by atoms with Gasteiger partial charge in [0.2, 0.25) is 17.7 Å². The topological polar surface area (TPSA) is 65.7 Å². The Bertz CT molecular complexity index is 614. The maximum atomic E-state index is 12.8. The van der Waals surface area contributed by atoms with Gasteiger partial charge in [-0.3, -0.25) is 14.6 Å². The van der Waals surface area contributed by atoms with Gasteiger partial charge in [-0.2, -0.15) is 0 Å². The van der Waals surface area contributed by atoms with E-state index in [1.54, 1.807) is 0 Å². The number of likely N-dealkylation sites (tertiary alicyclic amines) is 1. The largest absolute Gasteiger partial charge is 0.423 e. The smallest absolute Gasteiger partial charge is 0.240 e. The summed E-state index contributed by atoms with van der Waals surface area (Å²) in [4.78, 5) is 19.5. The number of hydrogen-bond acceptors (Lipinski definition) is 6. The van der Waals surface area contributed by atoms with Crippen LogP contribution in [-0.4, -0.2) is 75.6 Å². The summed E-state index contributed by atoms with van der Waals surface area (Å²) in [6, 6.07) is 0.352. The second kappa shape index (κ2) is 7.64. The number of amides is 1. The molecule has 0 N–H and O–H groups in total. The van der Waals surface area contributed by atoms with Gasteiger partial charge in [-0.1, -0.05) is 20.8 Å². The molecule has 0 bridgehead atoms. The molecule has 1 atom stereocenters. The highest BCUT2D eigenvalue weighted by molar-refractivity contribution is 5.82. The normalized spacial score (nSPS) is 23.8. The second-order valence-electron chi connectivity index (χ2n) is 8.85. The van der Waals surface area contributed by atoms with E-state index in [9.17, 15) is 4.79 Å². The Morgan fingerprint density at radius 1 is 1.12 bits per heavy atom. The molecule has 2 aliphatic heterocycles. The van der Waals surface area contributed by atoms with Gasteiger partial charge in [0, 0.05) is 44.2 Å². The molecule has 0 unspecified atom stereocenters. The third kappa shape index (κ3) is 4.26. The maximum absolute atomic E-state index is 12.8. The van der Waals surface area contributed by atoms with Crippen LogP contribution in [0, 0.1) is 0 Å². The van der Waals surface area contributed by atoms with Crippen LogP contribution in [0.2, 0.25) is 0 Å². The summed E-state index contributed by atoms with van der Waals surface area (Å²) in [5.41, 5.74) is -0.117. The number of aromatic nitrogens is 2. The van der Waals surface area contributed by atoms with Crippen molar-refractivity contribution in [2.75, 3.05) is 32.7 Å². The number of carbonyl (C=O) groups is 1. The Kier molecular flexibility index (Phi) is 5.67. The summed E-state index contributed by atoms with van der Waals surface area (Å²) < 4.78 is 5.81. The van der Waals surface area contributed by atoms with Crippen molar-refractivity contribution in [3.63, 3.8) is 0 Å². The van der Waals surface area contributed by atoms with Crippen molar-refractivity contribution in [3.8, 4) is 0 Å². The van der Waals surface area contributed by atoms with E-state index in [1.165, 1.54) is 0 Å². The van der Waals surface area contributed by atoms with Crippen molar-refractivity contribution < 1.29 is 9.21 Å². The molecule has 7 nitrogen and oxygen atoms in total. The van der Waals surface area contributed by atoms with Crippen molar-refractivity contribution in [1.29, 1.82) is 0 Å². The van der Waals surface area contributed by atoms with Crippen LogP contribution in [0.15, 0.2) is 4.42 Å². The van der Waals surface area contributed by atoms with Crippen molar-refractivity contribution in [2.24, 2.45) is 0 Å². The van der Waals surface area contributed by atoms with Crippen molar-refractivity contribution in [1.82, 2.24) is 24.9 Å². The van der Waals surface area contributed by atoms with Crippen LogP contribution >= 0.6 is 0 Å². The summed E-state index contributed by atoms with van der Waals surface area (Å²) in [7, 11) is 0. The summed E-state index contributed by atoms with van der Waals surface area (Å²) in [5, 5.41) is 8.37. The van der Waals surface area contributed by atoms with E-state index < -0.39 is 0 Å². The molecule has 2 fully saturated rings. The second-order valence-corrected chi connectivity index (χ2v) is 8.85. The average Bonchev–Trinajstić information content (AvgIpc) is 3.04. The van der Waals surface area contributed by atoms with Gasteiger partial charge < -0.3 is 9.32 Å². The van der Waals surface area contributed by atoms with Gasteiger partial charge in [-0.05, 0) is 26.7 Å². The molecule has 2 saturated heterocycles. The monoisotopic (exact) mass is 363 g/mol. The van der Waals surface area contributed by atoms with E-state index in [4.69, 9.17) is 4.42 Å².